The molecule has 0 radical (unpaired) electrons. The maximum absolute atomic E-state index is 2.55. The number of aromatic nitrogens is 1. The maximum atomic E-state index is 2.55. The van der Waals surface area contributed by atoms with Crippen molar-refractivity contribution in [2.24, 2.45) is 0 Å². The van der Waals surface area contributed by atoms with Gasteiger partial charge in [0.1, 0.15) is 0 Å². The lowest BCUT2D eigenvalue weighted by Crippen LogP contribution is -2.58. The first-order valence-corrected chi connectivity index (χ1v) is 15.6. The highest BCUT2D eigenvalue weighted by Crippen LogP contribution is 2.44. The predicted octanol–water partition coefficient (Wildman–Crippen LogP) is 8.37. The Morgan fingerprint density at radius 2 is 1.21 bits per heavy atom. The Morgan fingerprint density at radius 1 is 0.581 bits per heavy atom. The van der Waals surface area contributed by atoms with E-state index in [1.165, 1.54) is 65.3 Å². The third-order valence-electron chi connectivity index (χ3n) is 9.00. The van der Waals surface area contributed by atoms with Gasteiger partial charge in [-0.05, 0) is 65.9 Å². The molecule has 2 aliphatic heterocycles. The zero-order valence-corrected chi connectivity index (χ0v) is 24.6. The average Bonchev–Trinajstić information content (AvgIpc) is 3.37. The van der Waals surface area contributed by atoms with Crippen LogP contribution >= 0.6 is 11.8 Å². The Hall–Kier alpha value is -4.93. The minimum atomic E-state index is 0.188. The van der Waals surface area contributed by atoms with Gasteiger partial charge in [0.05, 0.1) is 0 Å². The van der Waals surface area contributed by atoms with Crippen LogP contribution in [0, 0.1) is 6.92 Å². The van der Waals surface area contributed by atoms with Crippen LogP contribution in [0.15, 0.2) is 155 Å². The van der Waals surface area contributed by atoms with E-state index in [1.54, 1.807) is 0 Å². The summed E-state index contributed by atoms with van der Waals surface area (Å²) < 4.78 is 2.55. The Morgan fingerprint density at radius 3 is 1.93 bits per heavy atom. The normalized spacial score (nSPS) is 12.6. The lowest BCUT2D eigenvalue weighted by molar-refractivity contribution is 1.05. The summed E-state index contributed by atoms with van der Waals surface area (Å²) in [6.07, 6.45) is 0. The van der Waals surface area contributed by atoms with Gasteiger partial charge in [0.25, 0.3) is 0 Å². The van der Waals surface area contributed by atoms with Crippen LogP contribution in [0.2, 0.25) is 0 Å². The highest BCUT2D eigenvalue weighted by atomic mass is 32.2. The van der Waals surface area contributed by atoms with E-state index in [0.29, 0.717) is 0 Å². The molecular weight excluding hydrogens is 539 g/mol. The Balaban J connectivity index is 1.40. The van der Waals surface area contributed by atoms with E-state index in [9.17, 15) is 0 Å². The molecule has 0 bridgehead atoms. The number of rotatable bonds is 4. The highest BCUT2D eigenvalue weighted by molar-refractivity contribution is 8.00. The van der Waals surface area contributed by atoms with E-state index in [4.69, 9.17) is 0 Å². The van der Waals surface area contributed by atoms with Gasteiger partial charge < -0.3 is 9.47 Å². The minimum Gasteiger partial charge on any atom is -0.314 e. The molecule has 0 atom stereocenters. The SMILES string of the molecule is Cc1c(-c2ccccc2)c2cccc3c2n1-c1cc(N(c2ccccc2)c2ccccc2)cc2c1B3c1ccccc1S2. The van der Waals surface area contributed by atoms with Gasteiger partial charge in [-0.3, -0.25) is 0 Å². The summed E-state index contributed by atoms with van der Waals surface area (Å²) in [5, 5.41) is 1.32. The van der Waals surface area contributed by atoms with Crippen LogP contribution in [-0.2, 0) is 0 Å². The third kappa shape index (κ3) is 3.63. The quantitative estimate of drug-likeness (QED) is 0.198. The fourth-order valence-corrected chi connectivity index (χ4v) is 8.49. The molecule has 0 unspecified atom stereocenters. The number of nitrogens with zero attached hydrogens (tertiary/aromatic N) is 2. The van der Waals surface area contributed by atoms with Gasteiger partial charge in [-0.15, -0.1) is 0 Å². The van der Waals surface area contributed by atoms with Crippen LogP contribution < -0.4 is 21.3 Å². The van der Waals surface area contributed by atoms with E-state index in [-0.39, 0.29) is 6.71 Å². The zero-order chi connectivity index (χ0) is 28.5. The van der Waals surface area contributed by atoms with Crippen molar-refractivity contribution >= 4 is 62.8 Å². The number of fused-ring (bicyclic) bond motifs is 4. The van der Waals surface area contributed by atoms with E-state index in [0.717, 1.165) is 11.4 Å². The molecule has 7 aromatic rings. The largest absolute Gasteiger partial charge is 0.314 e. The second-order valence-electron chi connectivity index (χ2n) is 11.4. The van der Waals surface area contributed by atoms with Gasteiger partial charge in [-0.25, -0.2) is 0 Å². The molecule has 0 fully saturated rings. The third-order valence-corrected chi connectivity index (χ3v) is 10.2. The summed E-state index contributed by atoms with van der Waals surface area (Å²) in [5.41, 5.74) is 14.1. The molecule has 0 saturated carbocycles. The van der Waals surface area contributed by atoms with Gasteiger partial charge >= 0.3 is 0 Å². The van der Waals surface area contributed by atoms with Crippen molar-refractivity contribution in [3.8, 4) is 16.8 Å². The molecule has 0 spiro atoms. The second kappa shape index (κ2) is 9.55. The summed E-state index contributed by atoms with van der Waals surface area (Å²) in [5.74, 6) is 0. The lowest BCUT2D eigenvalue weighted by Gasteiger charge is -2.35. The number of hydrogen-bond acceptors (Lipinski definition) is 2. The van der Waals surface area contributed by atoms with Crippen molar-refractivity contribution in [2.75, 3.05) is 4.90 Å². The number of anilines is 3. The summed E-state index contributed by atoms with van der Waals surface area (Å²) >= 11 is 1.90. The molecule has 202 valence electrons. The molecule has 2 nitrogen and oxygen atoms in total. The number of para-hydroxylation sites is 3. The number of hydrogen-bond donors (Lipinski definition) is 0. The van der Waals surface area contributed by atoms with Crippen molar-refractivity contribution < 1.29 is 0 Å². The summed E-state index contributed by atoms with van der Waals surface area (Å²) in [6.45, 7) is 2.48. The molecule has 2 aliphatic rings. The second-order valence-corrected chi connectivity index (χ2v) is 12.4. The zero-order valence-electron chi connectivity index (χ0n) is 23.7. The molecule has 1 aromatic heterocycles. The molecule has 0 amide bonds. The Labute approximate surface area is 256 Å². The van der Waals surface area contributed by atoms with E-state index >= 15 is 0 Å². The van der Waals surface area contributed by atoms with Gasteiger partial charge in [0.15, 0.2) is 0 Å². The molecule has 4 heteroatoms. The Bertz CT molecular complexity index is 2130. The van der Waals surface area contributed by atoms with Crippen molar-refractivity contribution in [2.45, 2.75) is 16.7 Å². The van der Waals surface area contributed by atoms with Crippen molar-refractivity contribution in [3.05, 3.63) is 151 Å². The molecule has 0 N–H and O–H groups in total. The molecular formula is C39H27BN2S. The van der Waals surface area contributed by atoms with Crippen molar-refractivity contribution in [1.29, 1.82) is 0 Å². The van der Waals surface area contributed by atoms with E-state index in [1.807, 2.05) is 11.8 Å². The van der Waals surface area contributed by atoms with Crippen LogP contribution in [0.5, 0.6) is 0 Å². The first-order valence-electron chi connectivity index (χ1n) is 14.8. The molecule has 6 aromatic carbocycles. The maximum Gasteiger partial charge on any atom is 0.249 e. The molecule has 3 heterocycles. The first kappa shape index (κ1) is 24.7. The lowest BCUT2D eigenvalue weighted by atomic mass is 9.35. The van der Waals surface area contributed by atoms with Gasteiger partial charge in [0, 0.05) is 54.7 Å². The minimum absolute atomic E-state index is 0.188. The summed E-state index contributed by atoms with van der Waals surface area (Å²) in [4.78, 5) is 5.05. The topological polar surface area (TPSA) is 8.17 Å². The van der Waals surface area contributed by atoms with Crippen LogP contribution in [0.4, 0.5) is 17.1 Å². The van der Waals surface area contributed by atoms with Crippen LogP contribution in [0.25, 0.3) is 27.7 Å². The van der Waals surface area contributed by atoms with Crippen LogP contribution in [0.1, 0.15) is 5.69 Å². The number of benzene rings is 6. The van der Waals surface area contributed by atoms with E-state index in [2.05, 4.69) is 162 Å². The Kier molecular flexibility index (Phi) is 5.48. The van der Waals surface area contributed by atoms with Crippen molar-refractivity contribution in [3.63, 3.8) is 0 Å². The molecule has 0 aliphatic carbocycles. The molecule has 9 rings (SSSR count). The monoisotopic (exact) mass is 566 g/mol. The summed E-state index contributed by atoms with van der Waals surface area (Å²) in [6, 6.07) is 53.1. The fourth-order valence-electron chi connectivity index (χ4n) is 7.29. The van der Waals surface area contributed by atoms with Crippen molar-refractivity contribution in [1.82, 2.24) is 4.57 Å². The first-order chi connectivity index (χ1) is 21.3. The predicted molar refractivity (Wildman–Crippen MR) is 183 cm³/mol. The van der Waals surface area contributed by atoms with Crippen LogP contribution in [-0.4, -0.2) is 11.3 Å². The fraction of sp³-hybridized carbons (Fsp3) is 0.0256. The average molecular weight is 567 g/mol. The highest BCUT2D eigenvalue weighted by Gasteiger charge is 2.40. The molecule has 43 heavy (non-hydrogen) atoms. The van der Waals surface area contributed by atoms with Gasteiger partial charge in [0.2, 0.25) is 6.71 Å². The molecule has 0 saturated heterocycles. The summed E-state index contributed by atoms with van der Waals surface area (Å²) in [7, 11) is 0. The smallest absolute Gasteiger partial charge is 0.249 e. The van der Waals surface area contributed by atoms with Crippen LogP contribution in [0.3, 0.4) is 0 Å². The van der Waals surface area contributed by atoms with Gasteiger partial charge in [-0.1, -0.05) is 120 Å². The van der Waals surface area contributed by atoms with Gasteiger partial charge in [-0.2, -0.15) is 0 Å². The van der Waals surface area contributed by atoms with E-state index < -0.39 is 0 Å². The standard InChI is InChI=1S/C39H27BN2S/c1-26-37(27-14-5-2-6-15-27)31-20-13-22-33-39(31)41(26)34-24-30(25-36-38(34)40(33)32-21-11-12-23-35(32)43-36)42(28-16-7-3-8-17-28)29-18-9-4-10-19-29/h2-25H,1H3.